The number of nitrogens with zero attached hydrogens (tertiary/aromatic N) is 4. The lowest BCUT2D eigenvalue weighted by atomic mass is 10.0. The first-order valence-electron chi connectivity index (χ1n) is 10.0. The number of halogens is 4. The molecule has 1 aliphatic rings. The summed E-state index contributed by atoms with van der Waals surface area (Å²) in [5.74, 6) is -0.238. The largest absolute Gasteiger partial charge is 0.522 e. The third kappa shape index (κ3) is 5.11. The van der Waals surface area contributed by atoms with E-state index in [0.717, 1.165) is 4.90 Å². The molecule has 0 aliphatic carbocycles. The Labute approximate surface area is 186 Å². The molecule has 3 heterocycles. The van der Waals surface area contributed by atoms with Gasteiger partial charge in [-0.3, -0.25) is 4.74 Å². The molecule has 1 aromatic carbocycles. The van der Waals surface area contributed by atoms with E-state index in [-0.39, 0.29) is 25.2 Å². The van der Waals surface area contributed by atoms with Gasteiger partial charge in [-0.15, -0.1) is 13.2 Å². The number of hydrogen-bond acceptors (Lipinski definition) is 6. The molecule has 1 fully saturated rings. The Kier molecular flexibility index (Phi) is 6.02. The number of aryl methyl sites for hydroxylation is 1. The van der Waals surface area contributed by atoms with Gasteiger partial charge in [0.05, 0.1) is 11.8 Å². The van der Waals surface area contributed by atoms with Crippen molar-refractivity contribution in [3.8, 4) is 11.1 Å². The molecule has 2 N–H and O–H groups in total. The molecule has 12 heteroatoms. The predicted molar refractivity (Wildman–Crippen MR) is 113 cm³/mol. The molecular formula is C21H20F4N6O2. The Bertz CT molecular complexity index is 1200. The van der Waals surface area contributed by atoms with E-state index in [1.54, 1.807) is 32.4 Å². The highest BCUT2D eigenvalue weighted by molar-refractivity contribution is 5.91. The number of amides is 2. The van der Waals surface area contributed by atoms with Crippen molar-refractivity contribution >= 4 is 28.7 Å². The van der Waals surface area contributed by atoms with Crippen molar-refractivity contribution in [2.45, 2.75) is 25.8 Å². The molecule has 0 bridgehead atoms. The number of ether oxygens (including phenoxy) is 1. The van der Waals surface area contributed by atoms with Crippen LogP contribution in [0.1, 0.15) is 12.0 Å². The summed E-state index contributed by atoms with van der Waals surface area (Å²) in [5.41, 5.74) is 2.28. The molecule has 1 atom stereocenters. The molecule has 8 nitrogen and oxygen atoms in total. The minimum absolute atomic E-state index is 0.0364. The molecule has 174 valence electrons. The lowest BCUT2D eigenvalue weighted by Gasteiger charge is -2.19. The third-order valence-electron chi connectivity index (χ3n) is 5.26. The quantitative estimate of drug-likeness (QED) is 0.559. The first-order chi connectivity index (χ1) is 15.6. The number of fused-ring (bicyclic) bond motifs is 1. The van der Waals surface area contributed by atoms with Crippen molar-refractivity contribution in [1.29, 1.82) is 0 Å². The number of aromatic nitrogens is 3. The summed E-state index contributed by atoms with van der Waals surface area (Å²) in [6, 6.07) is 3.83. The minimum Gasteiger partial charge on any atom is -0.357 e. The highest BCUT2D eigenvalue weighted by Gasteiger charge is 2.37. The smallest absolute Gasteiger partial charge is 0.357 e. The number of alkyl halides is 3. The van der Waals surface area contributed by atoms with Gasteiger partial charge in [-0.25, -0.2) is 19.2 Å². The van der Waals surface area contributed by atoms with Gasteiger partial charge in [0, 0.05) is 43.5 Å². The van der Waals surface area contributed by atoms with Crippen LogP contribution in [0.4, 0.5) is 34.0 Å². The zero-order valence-electron chi connectivity index (χ0n) is 17.7. The number of carbonyl (C=O) groups excluding carboxylic acids is 1. The number of urea groups is 1. The highest BCUT2D eigenvalue weighted by atomic mass is 19.4. The van der Waals surface area contributed by atoms with Crippen molar-refractivity contribution in [3.63, 3.8) is 0 Å². The van der Waals surface area contributed by atoms with E-state index in [1.165, 1.54) is 12.1 Å². The van der Waals surface area contributed by atoms with Gasteiger partial charge in [0.15, 0.2) is 5.65 Å². The average molecular weight is 464 g/mol. The summed E-state index contributed by atoms with van der Waals surface area (Å²) in [6.45, 7) is 1.54. The lowest BCUT2D eigenvalue weighted by molar-refractivity contribution is -0.340. The van der Waals surface area contributed by atoms with Gasteiger partial charge >= 0.3 is 12.4 Å². The molecule has 0 unspecified atom stereocenters. The Morgan fingerprint density at radius 2 is 2.00 bits per heavy atom. The Morgan fingerprint density at radius 3 is 2.73 bits per heavy atom. The Balaban J connectivity index is 1.55. The summed E-state index contributed by atoms with van der Waals surface area (Å²) < 4.78 is 55.8. The monoisotopic (exact) mass is 464 g/mol. The topological polar surface area (TPSA) is 92.3 Å². The van der Waals surface area contributed by atoms with Crippen LogP contribution in [-0.2, 0) is 4.74 Å². The van der Waals surface area contributed by atoms with E-state index in [1.807, 2.05) is 0 Å². The second-order valence-electron chi connectivity index (χ2n) is 7.58. The van der Waals surface area contributed by atoms with Crippen molar-refractivity contribution in [2.24, 2.45) is 0 Å². The van der Waals surface area contributed by atoms with Crippen LogP contribution in [0.15, 0.2) is 30.6 Å². The molecular weight excluding hydrogens is 444 g/mol. The van der Waals surface area contributed by atoms with Gasteiger partial charge in [-0.05, 0) is 42.7 Å². The third-order valence-corrected chi connectivity index (χ3v) is 5.26. The average Bonchev–Trinajstić information content (AvgIpc) is 3.21. The van der Waals surface area contributed by atoms with Crippen LogP contribution in [0.3, 0.4) is 0 Å². The molecule has 3 aromatic rings. The number of pyridine rings is 1. The van der Waals surface area contributed by atoms with Crippen molar-refractivity contribution in [3.05, 3.63) is 42.0 Å². The van der Waals surface area contributed by atoms with Crippen LogP contribution >= 0.6 is 0 Å². The molecule has 4 rings (SSSR count). The molecule has 33 heavy (non-hydrogen) atoms. The fourth-order valence-electron chi connectivity index (χ4n) is 3.66. The summed E-state index contributed by atoms with van der Waals surface area (Å²) in [6.07, 6.45) is -2.69. The van der Waals surface area contributed by atoms with Crippen LogP contribution in [0, 0.1) is 12.7 Å². The maximum atomic E-state index is 14.6. The first-order valence-corrected chi connectivity index (χ1v) is 10.0. The molecule has 0 radical (unpaired) electrons. The standard InChI is InChI=1S/C21H20F4N6O2/c1-11-5-16(22)17(29-20(32)31-4-3-14(10-31)33-21(23,24)25)7-15(11)12-6-13-9-28-19(26-2)30-18(13)27-8-12/h5-9,14H,3-4,10H2,1-2H3,(H,29,32)(H,26,27,28,30)/t14-/m1/s1. The van der Waals surface area contributed by atoms with E-state index in [9.17, 15) is 22.4 Å². The van der Waals surface area contributed by atoms with Crippen molar-refractivity contribution in [2.75, 3.05) is 30.8 Å². The number of rotatable bonds is 4. The fraction of sp³-hybridized carbons (Fsp3) is 0.333. The fourth-order valence-corrected chi connectivity index (χ4v) is 3.66. The molecule has 0 spiro atoms. The molecule has 1 aliphatic heterocycles. The summed E-state index contributed by atoms with van der Waals surface area (Å²) in [7, 11) is 1.69. The summed E-state index contributed by atoms with van der Waals surface area (Å²) in [5, 5.41) is 5.95. The second kappa shape index (κ2) is 8.77. The number of hydrogen-bond donors (Lipinski definition) is 2. The van der Waals surface area contributed by atoms with Gasteiger partial charge in [0.25, 0.3) is 0 Å². The normalized spacial score (nSPS) is 16.3. The second-order valence-corrected chi connectivity index (χ2v) is 7.58. The number of anilines is 2. The van der Waals surface area contributed by atoms with Gasteiger partial charge in [0.2, 0.25) is 5.95 Å². The number of nitrogens with one attached hydrogen (secondary N) is 2. The predicted octanol–water partition coefficient (Wildman–Crippen LogP) is 4.32. The zero-order valence-corrected chi connectivity index (χ0v) is 17.7. The molecule has 1 saturated heterocycles. The maximum Gasteiger partial charge on any atom is 0.522 e. The first kappa shape index (κ1) is 22.6. The van der Waals surface area contributed by atoms with Gasteiger partial charge in [-0.2, -0.15) is 4.98 Å². The van der Waals surface area contributed by atoms with Crippen LogP contribution in [-0.4, -0.2) is 58.5 Å². The number of carbonyl (C=O) groups is 1. The lowest BCUT2D eigenvalue weighted by Crippen LogP contribution is -2.35. The van der Waals surface area contributed by atoms with Crippen LogP contribution in [0.2, 0.25) is 0 Å². The number of benzene rings is 1. The maximum absolute atomic E-state index is 14.6. The Morgan fingerprint density at radius 1 is 1.21 bits per heavy atom. The van der Waals surface area contributed by atoms with Crippen molar-refractivity contribution < 1.29 is 27.1 Å². The van der Waals surface area contributed by atoms with E-state index < -0.39 is 24.3 Å². The van der Waals surface area contributed by atoms with E-state index >= 15 is 0 Å². The van der Waals surface area contributed by atoms with E-state index in [0.29, 0.717) is 33.7 Å². The van der Waals surface area contributed by atoms with Crippen LogP contribution < -0.4 is 10.6 Å². The Hall–Kier alpha value is -3.54. The van der Waals surface area contributed by atoms with Crippen LogP contribution in [0.5, 0.6) is 0 Å². The SMILES string of the molecule is CNc1ncc2cc(-c3cc(NC(=O)N4CC[C@@H](OC(F)(F)F)C4)c(F)cc3C)cnc2n1. The van der Waals surface area contributed by atoms with Gasteiger partial charge in [0.1, 0.15) is 5.82 Å². The molecule has 0 saturated carbocycles. The van der Waals surface area contributed by atoms with Crippen molar-refractivity contribution in [1.82, 2.24) is 19.9 Å². The molecule has 2 aromatic heterocycles. The van der Waals surface area contributed by atoms with Crippen LogP contribution in [0.25, 0.3) is 22.2 Å². The summed E-state index contributed by atoms with van der Waals surface area (Å²) >= 11 is 0. The van der Waals surface area contributed by atoms with E-state index in [4.69, 9.17) is 0 Å². The van der Waals surface area contributed by atoms with Gasteiger partial charge in [-0.1, -0.05) is 0 Å². The highest BCUT2D eigenvalue weighted by Crippen LogP contribution is 2.31. The van der Waals surface area contributed by atoms with Gasteiger partial charge < -0.3 is 15.5 Å². The molecule has 2 amide bonds. The zero-order chi connectivity index (χ0) is 23.8. The number of likely N-dealkylation sites (tertiary alicyclic amines) is 1. The van der Waals surface area contributed by atoms with E-state index in [2.05, 4.69) is 30.3 Å². The summed E-state index contributed by atoms with van der Waals surface area (Å²) in [4.78, 5) is 26.4. The minimum atomic E-state index is -4.78.